The zero-order valence-corrected chi connectivity index (χ0v) is 7.21. The summed E-state index contributed by atoms with van der Waals surface area (Å²) >= 11 is 5.68. The number of nitrogen functional groups attached to an aromatic ring is 1. The molecule has 5 nitrogen and oxygen atoms in total. The molecular formula is C5H10ClN5. The van der Waals surface area contributed by atoms with Gasteiger partial charge < -0.3 is 5.73 Å². The summed E-state index contributed by atoms with van der Waals surface area (Å²) in [6, 6.07) is 0. The van der Waals surface area contributed by atoms with Crippen LogP contribution in [0.15, 0.2) is 0 Å². The zero-order valence-electron chi connectivity index (χ0n) is 6.45. The van der Waals surface area contributed by atoms with Gasteiger partial charge in [0.1, 0.15) is 0 Å². The summed E-state index contributed by atoms with van der Waals surface area (Å²) in [6.45, 7) is 3.82. The largest absolute Gasteiger partial charge is 0.367 e. The van der Waals surface area contributed by atoms with Gasteiger partial charge in [0.2, 0.25) is 5.95 Å². The topological polar surface area (TPSA) is 69.6 Å². The van der Waals surface area contributed by atoms with Gasteiger partial charge in [-0.2, -0.15) is 0 Å². The summed E-state index contributed by atoms with van der Waals surface area (Å²) in [7, 11) is 0. The summed E-state index contributed by atoms with van der Waals surface area (Å²) in [5.41, 5.74) is 5.15. The molecule has 1 rings (SSSR count). The minimum Gasteiger partial charge on any atom is -0.367 e. The van der Waals surface area contributed by atoms with Crippen molar-refractivity contribution >= 4 is 17.5 Å². The minimum absolute atomic E-state index is 0.288. The first-order valence-corrected chi connectivity index (χ1v) is 3.71. The molecule has 0 radical (unpaired) electrons. The monoisotopic (exact) mass is 175 g/mol. The second-order valence-corrected chi connectivity index (χ2v) is 3.16. The van der Waals surface area contributed by atoms with Gasteiger partial charge in [-0.3, -0.25) is 0 Å². The highest BCUT2D eigenvalue weighted by Gasteiger charge is 2.22. The lowest BCUT2D eigenvalue weighted by atomic mass is 10.1. The number of alkyl halides is 1. The molecule has 0 unspecified atom stereocenters. The van der Waals surface area contributed by atoms with E-state index in [9.17, 15) is 0 Å². The van der Waals surface area contributed by atoms with Crippen molar-refractivity contribution in [2.75, 3.05) is 11.6 Å². The predicted octanol–water partition coefficient (Wildman–Crippen LogP) is 0.229. The van der Waals surface area contributed by atoms with Crippen LogP contribution in [0, 0.1) is 0 Å². The Balaban J connectivity index is 3.00. The van der Waals surface area contributed by atoms with E-state index in [4.69, 9.17) is 17.3 Å². The fourth-order valence-corrected chi connectivity index (χ4v) is 0.795. The Bertz CT molecular complexity index is 243. The van der Waals surface area contributed by atoms with Crippen LogP contribution in [0.25, 0.3) is 0 Å². The smallest absolute Gasteiger partial charge is 0.240 e. The molecule has 1 heterocycles. The molecule has 1 aromatic rings. The second-order valence-electron chi connectivity index (χ2n) is 2.89. The maximum atomic E-state index is 5.68. The quantitative estimate of drug-likeness (QED) is 0.654. The maximum absolute atomic E-state index is 5.68. The van der Waals surface area contributed by atoms with Crippen LogP contribution in [-0.2, 0) is 5.54 Å². The Morgan fingerprint density at radius 2 is 2.27 bits per heavy atom. The van der Waals surface area contributed by atoms with Crippen LogP contribution in [0.1, 0.15) is 13.8 Å². The van der Waals surface area contributed by atoms with E-state index in [1.54, 1.807) is 0 Å². The Morgan fingerprint density at radius 1 is 1.64 bits per heavy atom. The number of tetrazole rings is 1. The minimum atomic E-state index is -0.324. The first-order chi connectivity index (χ1) is 5.08. The van der Waals surface area contributed by atoms with Crippen molar-refractivity contribution in [3.05, 3.63) is 0 Å². The number of hydrogen-bond acceptors (Lipinski definition) is 4. The van der Waals surface area contributed by atoms with Crippen molar-refractivity contribution in [1.29, 1.82) is 0 Å². The van der Waals surface area contributed by atoms with Crippen molar-refractivity contribution in [1.82, 2.24) is 20.2 Å². The molecular weight excluding hydrogens is 166 g/mol. The molecule has 0 saturated heterocycles. The summed E-state index contributed by atoms with van der Waals surface area (Å²) in [6.07, 6.45) is 0. The third kappa shape index (κ3) is 1.42. The third-order valence-electron chi connectivity index (χ3n) is 1.39. The molecule has 11 heavy (non-hydrogen) atoms. The molecule has 0 amide bonds. The van der Waals surface area contributed by atoms with E-state index < -0.39 is 0 Å². The van der Waals surface area contributed by atoms with E-state index in [0.717, 1.165) is 0 Å². The Morgan fingerprint density at radius 3 is 2.64 bits per heavy atom. The van der Waals surface area contributed by atoms with Crippen molar-refractivity contribution in [3.8, 4) is 0 Å². The normalized spacial score (nSPS) is 11.9. The van der Waals surface area contributed by atoms with Crippen LogP contribution < -0.4 is 5.73 Å². The van der Waals surface area contributed by atoms with E-state index in [1.165, 1.54) is 4.68 Å². The molecule has 6 heteroatoms. The molecule has 0 aliphatic carbocycles. The molecule has 0 saturated carbocycles. The van der Waals surface area contributed by atoms with Crippen LogP contribution in [0.3, 0.4) is 0 Å². The highest BCUT2D eigenvalue weighted by atomic mass is 35.5. The first kappa shape index (κ1) is 8.26. The second kappa shape index (κ2) is 2.65. The van der Waals surface area contributed by atoms with E-state index in [1.807, 2.05) is 13.8 Å². The van der Waals surface area contributed by atoms with Gasteiger partial charge in [-0.1, -0.05) is 5.10 Å². The number of halogens is 1. The van der Waals surface area contributed by atoms with Gasteiger partial charge in [-0.15, -0.1) is 11.6 Å². The number of anilines is 1. The lowest BCUT2D eigenvalue weighted by Gasteiger charge is -2.20. The lowest BCUT2D eigenvalue weighted by Crippen LogP contribution is -2.30. The van der Waals surface area contributed by atoms with Gasteiger partial charge in [-0.05, 0) is 24.3 Å². The number of nitrogens with zero attached hydrogens (tertiary/aromatic N) is 4. The average Bonchev–Trinajstić information content (AvgIpc) is 2.36. The van der Waals surface area contributed by atoms with Crippen molar-refractivity contribution in [2.24, 2.45) is 0 Å². The zero-order chi connectivity index (χ0) is 8.48. The molecule has 1 aromatic heterocycles. The maximum Gasteiger partial charge on any atom is 0.240 e. The van der Waals surface area contributed by atoms with Gasteiger partial charge in [-0.25, -0.2) is 4.68 Å². The summed E-state index contributed by atoms with van der Waals surface area (Å²) < 4.78 is 1.50. The summed E-state index contributed by atoms with van der Waals surface area (Å²) in [5, 5.41) is 10.7. The highest BCUT2D eigenvalue weighted by molar-refractivity contribution is 6.18. The number of aromatic nitrogens is 4. The van der Waals surface area contributed by atoms with Gasteiger partial charge in [0.05, 0.1) is 5.54 Å². The van der Waals surface area contributed by atoms with Crippen molar-refractivity contribution in [2.45, 2.75) is 19.4 Å². The molecule has 0 aliphatic heterocycles. The number of hydrogen-bond donors (Lipinski definition) is 1. The molecule has 0 atom stereocenters. The number of rotatable bonds is 2. The van der Waals surface area contributed by atoms with Crippen LogP contribution in [0.4, 0.5) is 5.95 Å². The van der Waals surface area contributed by atoms with Gasteiger partial charge in [0.25, 0.3) is 0 Å². The fraction of sp³-hybridized carbons (Fsp3) is 0.800. The van der Waals surface area contributed by atoms with E-state index in [2.05, 4.69) is 15.5 Å². The van der Waals surface area contributed by atoms with Gasteiger partial charge >= 0.3 is 0 Å². The summed E-state index contributed by atoms with van der Waals surface area (Å²) in [4.78, 5) is 0. The first-order valence-electron chi connectivity index (χ1n) is 3.18. The van der Waals surface area contributed by atoms with Crippen molar-refractivity contribution in [3.63, 3.8) is 0 Å². The SMILES string of the molecule is CC(C)(CCl)n1nnnc1N. The van der Waals surface area contributed by atoms with E-state index in [0.29, 0.717) is 5.88 Å². The van der Waals surface area contributed by atoms with Gasteiger partial charge in [0.15, 0.2) is 0 Å². The highest BCUT2D eigenvalue weighted by Crippen LogP contribution is 2.16. The third-order valence-corrected chi connectivity index (χ3v) is 2.05. The Kier molecular flexibility index (Phi) is 1.99. The van der Waals surface area contributed by atoms with E-state index >= 15 is 0 Å². The standard InChI is InChI=1S/C5H10ClN5/c1-5(2,3-6)11-4(7)8-9-10-11/h3H2,1-2H3,(H2,7,8,10). The van der Waals surface area contributed by atoms with Crippen LogP contribution in [0.2, 0.25) is 0 Å². The fourth-order valence-electron chi connectivity index (χ4n) is 0.682. The number of nitrogens with two attached hydrogens (primary N) is 1. The Labute approximate surface area is 69.5 Å². The van der Waals surface area contributed by atoms with Crippen molar-refractivity contribution < 1.29 is 0 Å². The van der Waals surface area contributed by atoms with E-state index in [-0.39, 0.29) is 11.5 Å². The molecule has 0 aliphatic rings. The molecule has 0 bridgehead atoms. The molecule has 0 fully saturated rings. The molecule has 0 aromatic carbocycles. The Hall–Kier alpha value is -0.840. The molecule has 0 spiro atoms. The van der Waals surface area contributed by atoms with Crippen LogP contribution >= 0.6 is 11.6 Å². The van der Waals surface area contributed by atoms with Crippen LogP contribution in [-0.4, -0.2) is 26.1 Å². The lowest BCUT2D eigenvalue weighted by molar-refractivity contribution is 0.358. The summed E-state index contributed by atoms with van der Waals surface area (Å²) in [5.74, 6) is 0.707. The average molecular weight is 176 g/mol. The van der Waals surface area contributed by atoms with Crippen LogP contribution in [0.5, 0.6) is 0 Å². The van der Waals surface area contributed by atoms with Gasteiger partial charge in [0, 0.05) is 5.88 Å². The molecule has 62 valence electrons. The molecule has 2 N–H and O–H groups in total. The predicted molar refractivity (Wildman–Crippen MR) is 42.3 cm³/mol.